The first kappa shape index (κ1) is 31.1. The molecule has 1 aromatic carbocycles. The molecular weight excluding hydrogens is 466 g/mol. The minimum absolute atomic E-state index is 0.0832. The molecule has 0 amide bonds. The molecule has 0 saturated carbocycles. The Morgan fingerprint density at radius 1 is 0.778 bits per heavy atom. The molecule has 0 radical (unpaired) electrons. The van der Waals surface area contributed by atoms with E-state index in [4.69, 9.17) is 24.7 Å². The van der Waals surface area contributed by atoms with Crippen molar-refractivity contribution in [3.8, 4) is 11.5 Å². The second-order valence-corrected chi connectivity index (χ2v) is 9.14. The Hall–Kier alpha value is -2.94. The zero-order valence-electron chi connectivity index (χ0n) is 22.5. The number of carbonyl (C=O) groups is 4. The van der Waals surface area contributed by atoms with Crippen LogP contribution in [0.1, 0.15) is 79.7 Å². The third kappa shape index (κ3) is 9.97. The van der Waals surface area contributed by atoms with Gasteiger partial charge in [0.05, 0.1) is 11.8 Å². The van der Waals surface area contributed by atoms with Gasteiger partial charge in [0.2, 0.25) is 0 Å². The van der Waals surface area contributed by atoms with Gasteiger partial charge in [0.15, 0.2) is 11.5 Å². The molecule has 9 heteroatoms. The quantitative estimate of drug-likeness (QED) is 0.292. The van der Waals surface area contributed by atoms with E-state index in [2.05, 4.69) is 0 Å². The van der Waals surface area contributed by atoms with Crippen molar-refractivity contribution in [1.29, 1.82) is 0 Å². The smallest absolute Gasteiger partial charge is 0.323 e. The topological polar surface area (TPSA) is 131 Å². The van der Waals surface area contributed by atoms with Crippen molar-refractivity contribution in [2.75, 3.05) is 0 Å². The second kappa shape index (κ2) is 15.2. The standard InChI is InChI=1S/C27H41NO8/c1-8-11-24(29)33-18(6)19(7)34-27(32)21(28)14-20-12-13-22(35-25(30)16(4)9-2)23(15-20)36-26(31)17(5)10-3/h12-13,15-19,21H,8-11,14,28H2,1-7H3/t16?,17?,18-,19-,21-/m0/s1. The first-order valence-electron chi connectivity index (χ1n) is 12.6. The minimum atomic E-state index is -1.02. The van der Waals surface area contributed by atoms with Gasteiger partial charge in [-0.1, -0.05) is 40.7 Å². The van der Waals surface area contributed by atoms with Crippen LogP contribution in [0.15, 0.2) is 18.2 Å². The monoisotopic (exact) mass is 507 g/mol. The molecule has 0 aliphatic carbocycles. The normalized spacial score (nSPS) is 15.1. The van der Waals surface area contributed by atoms with Crippen molar-refractivity contribution < 1.29 is 38.1 Å². The number of rotatable bonds is 14. The van der Waals surface area contributed by atoms with Crippen LogP contribution in [0, 0.1) is 11.8 Å². The van der Waals surface area contributed by atoms with Crippen LogP contribution < -0.4 is 15.2 Å². The van der Waals surface area contributed by atoms with E-state index in [-0.39, 0.29) is 42.1 Å². The van der Waals surface area contributed by atoms with Crippen molar-refractivity contribution in [1.82, 2.24) is 0 Å². The summed E-state index contributed by atoms with van der Waals surface area (Å²) in [4.78, 5) is 49.0. The molecule has 36 heavy (non-hydrogen) atoms. The molecule has 0 heterocycles. The molecule has 2 N–H and O–H groups in total. The van der Waals surface area contributed by atoms with Crippen molar-refractivity contribution in [3.05, 3.63) is 23.8 Å². The number of carbonyl (C=O) groups excluding carboxylic acids is 4. The summed E-state index contributed by atoms with van der Waals surface area (Å²) < 4.78 is 21.6. The predicted octanol–water partition coefficient (Wildman–Crippen LogP) is 4.12. The third-order valence-electron chi connectivity index (χ3n) is 5.95. The minimum Gasteiger partial charge on any atom is -0.459 e. The number of hydrogen-bond donors (Lipinski definition) is 1. The number of esters is 4. The van der Waals surface area contributed by atoms with E-state index >= 15 is 0 Å². The van der Waals surface area contributed by atoms with E-state index in [0.717, 1.165) is 0 Å². The maximum absolute atomic E-state index is 12.5. The predicted molar refractivity (Wildman–Crippen MR) is 134 cm³/mol. The molecule has 0 spiro atoms. The van der Waals surface area contributed by atoms with Gasteiger partial charge in [0.25, 0.3) is 0 Å². The average molecular weight is 508 g/mol. The Morgan fingerprint density at radius 3 is 1.83 bits per heavy atom. The largest absolute Gasteiger partial charge is 0.459 e. The van der Waals surface area contributed by atoms with E-state index in [1.54, 1.807) is 33.8 Å². The molecule has 1 aromatic rings. The molecule has 0 fully saturated rings. The van der Waals surface area contributed by atoms with E-state index in [9.17, 15) is 19.2 Å². The highest BCUT2D eigenvalue weighted by Gasteiger charge is 2.25. The second-order valence-electron chi connectivity index (χ2n) is 9.14. The molecule has 0 bridgehead atoms. The Kier molecular flexibility index (Phi) is 13.2. The summed E-state index contributed by atoms with van der Waals surface area (Å²) in [6.45, 7) is 12.4. The zero-order valence-corrected chi connectivity index (χ0v) is 22.5. The fraction of sp³-hybridized carbons (Fsp3) is 0.630. The maximum Gasteiger partial charge on any atom is 0.323 e. The summed E-state index contributed by atoms with van der Waals surface area (Å²) in [5.74, 6) is -2.38. The number of benzene rings is 1. The van der Waals surface area contributed by atoms with Crippen LogP contribution in [-0.4, -0.2) is 42.1 Å². The molecule has 202 valence electrons. The summed E-state index contributed by atoms with van der Waals surface area (Å²) >= 11 is 0. The highest BCUT2D eigenvalue weighted by molar-refractivity contribution is 5.79. The summed E-state index contributed by atoms with van der Waals surface area (Å²) in [6, 6.07) is 3.68. The van der Waals surface area contributed by atoms with Gasteiger partial charge in [-0.3, -0.25) is 19.2 Å². The number of hydrogen-bond acceptors (Lipinski definition) is 9. The van der Waals surface area contributed by atoms with Crippen molar-refractivity contribution in [2.24, 2.45) is 17.6 Å². The number of ether oxygens (including phenoxy) is 4. The fourth-order valence-electron chi connectivity index (χ4n) is 2.86. The van der Waals surface area contributed by atoms with E-state index in [0.29, 0.717) is 24.8 Å². The van der Waals surface area contributed by atoms with Crippen molar-refractivity contribution in [3.63, 3.8) is 0 Å². The van der Waals surface area contributed by atoms with E-state index in [1.165, 1.54) is 12.1 Å². The number of nitrogens with two attached hydrogens (primary N) is 1. The Morgan fingerprint density at radius 2 is 1.31 bits per heavy atom. The van der Waals surface area contributed by atoms with Gasteiger partial charge >= 0.3 is 23.9 Å². The molecule has 0 aromatic heterocycles. The van der Waals surface area contributed by atoms with E-state index < -0.39 is 36.2 Å². The lowest BCUT2D eigenvalue weighted by atomic mass is 10.1. The molecule has 9 nitrogen and oxygen atoms in total. The zero-order chi connectivity index (χ0) is 27.4. The van der Waals surface area contributed by atoms with Gasteiger partial charge in [0, 0.05) is 6.42 Å². The Labute approximate surface area is 214 Å². The molecule has 2 unspecified atom stereocenters. The van der Waals surface area contributed by atoms with Crippen LogP contribution in [0.25, 0.3) is 0 Å². The van der Waals surface area contributed by atoms with Crippen molar-refractivity contribution >= 4 is 23.9 Å². The molecule has 5 atom stereocenters. The SMILES string of the molecule is CCCC(=O)O[C@@H](C)[C@H](C)OC(=O)[C@@H](N)Cc1ccc(OC(=O)C(C)CC)c(OC(=O)C(C)CC)c1. The fourth-order valence-corrected chi connectivity index (χ4v) is 2.86. The van der Waals surface area contributed by atoms with Gasteiger partial charge in [-0.25, -0.2) is 0 Å². The van der Waals surface area contributed by atoms with Crippen LogP contribution in [0.5, 0.6) is 11.5 Å². The van der Waals surface area contributed by atoms with Gasteiger partial charge in [-0.05, 0) is 57.2 Å². The molecule has 1 rings (SSSR count). The van der Waals surface area contributed by atoms with Crippen LogP contribution >= 0.6 is 0 Å². The Bertz CT molecular complexity index is 900. The first-order chi connectivity index (χ1) is 16.9. The Balaban J connectivity index is 2.96. The molecule has 0 aliphatic heterocycles. The summed E-state index contributed by atoms with van der Waals surface area (Å²) in [5, 5.41) is 0. The third-order valence-corrected chi connectivity index (χ3v) is 5.95. The molecular formula is C27H41NO8. The van der Waals surface area contributed by atoms with E-state index in [1.807, 2.05) is 20.8 Å². The van der Waals surface area contributed by atoms with Gasteiger partial charge in [0.1, 0.15) is 18.2 Å². The first-order valence-corrected chi connectivity index (χ1v) is 12.6. The van der Waals surface area contributed by atoms with Gasteiger partial charge < -0.3 is 24.7 Å². The van der Waals surface area contributed by atoms with Crippen LogP contribution in [0.3, 0.4) is 0 Å². The lowest BCUT2D eigenvalue weighted by molar-refractivity contribution is -0.166. The highest BCUT2D eigenvalue weighted by Crippen LogP contribution is 2.31. The lowest BCUT2D eigenvalue weighted by Crippen LogP contribution is -2.39. The summed E-state index contributed by atoms with van der Waals surface area (Å²) in [7, 11) is 0. The molecule has 0 saturated heterocycles. The van der Waals surface area contributed by atoms with Crippen LogP contribution in [0.2, 0.25) is 0 Å². The molecule has 0 aliphatic rings. The van der Waals surface area contributed by atoms with Gasteiger partial charge in [-0.15, -0.1) is 0 Å². The average Bonchev–Trinajstić information content (AvgIpc) is 2.84. The summed E-state index contributed by atoms with van der Waals surface area (Å²) in [5.41, 5.74) is 6.66. The van der Waals surface area contributed by atoms with Crippen molar-refractivity contribution in [2.45, 2.75) is 98.8 Å². The maximum atomic E-state index is 12.5. The lowest BCUT2D eigenvalue weighted by Gasteiger charge is -2.22. The van der Waals surface area contributed by atoms with Crippen LogP contribution in [-0.2, 0) is 35.1 Å². The highest BCUT2D eigenvalue weighted by atomic mass is 16.6. The van der Waals surface area contributed by atoms with Gasteiger partial charge in [-0.2, -0.15) is 0 Å². The van der Waals surface area contributed by atoms with Crippen LogP contribution in [0.4, 0.5) is 0 Å². The summed E-state index contributed by atoms with van der Waals surface area (Å²) in [6.07, 6.45) is 0.923.